The zero-order chi connectivity index (χ0) is 8.20. The van der Waals surface area contributed by atoms with Gasteiger partial charge in [0.15, 0.2) is 0 Å². The Morgan fingerprint density at radius 1 is 1.60 bits per heavy atom. The lowest BCUT2D eigenvalue weighted by Gasteiger charge is -2.25. The molecule has 60 valence electrons. The first-order chi connectivity index (χ1) is 4.54. The second kappa shape index (κ2) is 4.02. The molecule has 1 unspecified atom stereocenters. The smallest absolute Gasteiger partial charge is 0.0280 e. The van der Waals surface area contributed by atoms with Crippen LogP contribution in [0.2, 0.25) is 0 Å². The lowest BCUT2D eigenvalue weighted by Crippen LogP contribution is -2.17. The topological polar surface area (TPSA) is 0 Å². The normalized spacial score (nSPS) is 16.4. The van der Waals surface area contributed by atoms with Gasteiger partial charge in [-0.15, -0.1) is 18.2 Å². The van der Waals surface area contributed by atoms with Crippen LogP contribution in [0.3, 0.4) is 0 Å². The molecule has 0 rings (SSSR count). The average molecular weight is 161 g/mol. The highest BCUT2D eigenvalue weighted by Gasteiger charge is 2.20. The van der Waals surface area contributed by atoms with Crippen LogP contribution in [0.4, 0.5) is 0 Å². The summed E-state index contributed by atoms with van der Waals surface area (Å²) in [6.45, 7) is 10.3. The Kier molecular flexibility index (Phi) is 4.04. The molecule has 0 saturated heterocycles. The van der Waals surface area contributed by atoms with Crippen molar-refractivity contribution in [2.45, 2.75) is 33.6 Å². The highest BCUT2D eigenvalue weighted by Crippen LogP contribution is 2.29. The van der Waals surface area contributed by atoms with Gasteiger partial charge in [-0.3, -0.25) is 0 Å². The van der Waals surface area contributed by atoms with Gasteiger partial charge in [-0.2, -0.15) is 0 Å². The first-order valence-electron chi connectivity index (χ1n) is 3.74. The van der Waals surface area contributed by atoms with Crippen LogP contribution in [-0.2, 0) is 0 Å². The maximum Gasteiger partial charge on any atom is 0.0280 e. The van der Waals surface area contributed by atoms with Crippen LogP contribution < -0.4 is 0 Å². The van der Waals surface area contributed by atoms with E-state index in [1.165, 1.54) is 5.57 Å². The SMILES string of the molecule is C=C(C)CC(C)(CC)CCl. The molecule has 1 atom stereocenters. The molecule has 0 heterocycles. The molecule has 0 N–H and O–H groups in total. The third-order valence-electron chi connectivity index (χ3n) is 1.90. The third kappa shape index (κ3) is 3.26. The monoisotopic (exact) mass is 160 g/mol. The first kappa shape index (κ1) is 10.0. The van der Waals surface area contributed by atoms with E-state index in [4.69, 9.17) is 11.6 Å². The molecule has 0 radical (unpaired) electrons. The quantitative estimate of drug-likeness (QED) is 0.436. The summed E-state index contributed by atoms with van der Waals surface area (Å²) in [4.78, 5) is 0. The second-order valence-corrected chi connectivity index (χ2v) is 3.70. The fraction of sp³-hybridized carbons (Fsp3) is 0.778. The van der Waals surface area contributed by atoms with Gasteiger partial charge in [0.05, 0.1) is 0 Å². The van der Waals surface area contributed by atoms with Crippen molar-refractivity contribution < 1.29 is 0 Å². The summed E-state index contributed by atoms with van der Waals surface area (Å²) < 4.78 is 0. The van der Waals surface area contributed by atoms with Crippen LogP contribution in [0.5, 0.6) is 0 Å². The minimum absolute atomic E-state index is 0.271. The summed E-state index contributed by atoms with van der Waals surface area (Å²) in [6, 6.07) is 0. The van der Waals surface area contributed by atoms with Gasteiger partial charge in [0.25, 0.3) is 0 Å². The first-order valence-corrected chi connectivity index (χ1v) is 4.28. The molecule has 0 aromatic rings. The Morgan fingerprint density at radius 3 is 2.20 bits per heavy atom. The minimum Gasteiger partial charge on any atom is -0.126 e. The molecular weight excluding hydrogens is 144 g/mol. The maximum absolute atomic E-state index is 5.81. The van der Waals surface area contributed by atoms with E-state index in [-0.39, 0.29) is 5.41 Å². The van der Waals surface area contributed by atoms with Gasteiger partial charge >= 0.3 is 0 Å². The highest BCUT2D eigenvalue weighted by molar-refractivity contribution is 6.18. The van der Waals surface area contributed by atoms with Gasteiger partial charge in [0, 0.05) is 5.88 Å². The Hall–Kier alpha value is 0.0300. The molecule has 0 fully saturated rings. The molecule has 0 amide bonds. The number of hydrogen-bond acceptors (Lipinski definition) is 0. The van der Waals surface area contributed by atoms with Crippen LogP contribution >= 0.6 is 11.6 Å². The largest absolute Gasteiger partial charge is 0.126 e. The third-order valence-corrected chi connectivity index (χ3v) is 2.55. The second-order valence-electron chi connectivity index (χ2n) is 3.43. The van der Waals surface area contributed by atoms with Gasteiger partial charge in [-0.05, 0) is 25.2 Å². The average Bonchev–Trinajstić information content (AvgIpc) is 1.87. The zero-order valence-corrected chi connectivity index (χ0v) is 7.96. The predicted octanol–water partition coefficient (Wildman–Crippen LogP) is 3.61. The molecule has 0 saturated carbocycles. The molecule has 1 heteroatoms. The Balaban J connectivity index is 3.92. The molecular formula is C9H17Cl. The van der Waals surface area contributed by atoms with Crippen molar-refractivity contribution in [3.05, 3.63) is 12.2 Å². The number of alkyl halides is 1. The summed E-state index contributed by atoms with van der Waals surface area (Å²) in [7, 11) is 0. The predicted molar refractivity (Wildman–Crippen MR) is 48.5 cm³/mol. The molecule has 0 aromatic heterocycles. The molecule has 0 aromatic carbocycles. The van der Waals surface area contributed by atoms with E-state index >= 15 is 0 Å². The van der Waals surface area contributed by atoms with Crippen molar-refractivity contribution in [1.29, 1.82) is 0 Å². The number of hydrogen-bond donors (Lipinski definition) is 0. The lowest BCUT2D eigenvalue weighted by molar-refractivity contribution is 0.355. The van der Waals surface area contributed by atoms with Gasteiger partial charge in [-0.25, -0.2) is 0 Å². The summed E-state index contributed by atoms with van der Waals surface area (Å²) in [6.07, 6.45) is 2.18. The van der Waals surface area contributed by atoms with Crippen LogP contribution in [0, 0.1) is 5.41 Å². The van der Waals surface area contributed by atoms with Crippen molar-refractivity contribution in [2.24, 2.45) is 5.41 Å². The fourth-order valence-electron chi connectivity index (χ4n) is 0.995. The Labute approximate surface area is 69.3 Å². The molecule has 0 bridgehead atoms. The van der Waals surface area contributed by atoms with E-state index in [9.17, 15) is 0 Å². The Bertz CT molecular complexity index is 112. The molecule has 0 aliphatic rings. The molecule has 0 aliphatic heterocycles. The molecule has 0 aliphatic carbocycles. The van der Waals surface area contributed by atoms with Crippen LogP contribution in [0.1, 0.15) is 33.6 Å². The highest BCUT2D eigenvalue weighted by atomic mass is 35.5. The molecule has 0 nitrogen and oxygen atoms in total. The minimum atomic E-state index is 0.271. The van der Waals surface area contributed by atoms with E-state index in [1.807, 2.05) is 0 Å². The van der Waals surface area contributed by atoms with Crippen molar-refractivity contribution in [3.63, 3.8) is 0 Å². The van der Waals surface area contributed by atoms with Gasteiger partial charge in [0.2, 0.25) is 0 Å². The lowest BCUT2D eigenvalue weighted by atomic mass is 9.84. The van der Waals surface area contributed by atoms with Crippen molar-refractivity contribution in [3.8, 4) is 0 Å². The molecule has 10 heavy (non-hydrogen) atoms. The summed E-state index contributed by atoms with van der Waals surface area (Å²) in [5.41, 5.74) is 1.50. The standard InChI is InChI=1S/C9H17Cl/c1-5-9(4,7-10)6-8(2)3/h2,5-7H2,1,3-4H3. The van der Waals surface area contributed by atoms with E-state index in [1.54, 1.807) is 0 Å². The molecule has 0 spiro atoms. The summed E-state index contributed by atoms with van der Waals surface area (Å²) in [5, 5.41) is 0. The number of rotatable bonds is 4. The summed E-state index contributed by atoms with van der Waals surface area (Å²) in [5.74, 6) is 0.733. The van der Waals surface area contributed by atoms with Crippen LogP contribution in [-0.4, -0.2) is 5.88 Å². The zero-order valence-electron chi connectivity index (χ0n) is 7.21. The van der Waals surface area contributed by atoms with E-state index in [0.29, 0.717) is 0 Å². The summed E-state index contributed by atoms with van der Waals surface area (Å²) >= 11 is 5.81. The van der Waals surface area contributed by atoms with Crippen molar-refractivity contribution in [1.82, 2.24) is 0 Å². The number of allylic oxidation sites excluding steroid dienone is 1. The van der Waals surface area contributed by atoms with E-state index < -0.39 is 0 Å². The van der Waals surface area contributed by atoms with E-state index in [2.05, 4.69) is 27.4 Å². The van der Waals surface area contributed by atoms with Crippen molar-refractivity contribution >= 4 is 11.6 Å². The van der Waals surface area contributed by atoms with Crippen LogP contribution in [0.15, 0.2) is 12.2 Å². The van der Waals surface area contributed by atoms with Crippen LogP contribution in [0.25, 0.3) is 0 Å². The Morgan fingerprint density at radius 2 is 2.10 bits per heavy atom. The maximum atomic E-state index is 5.81. The van der Waals surface area contributed by atoms with Crippen molar-refractivity contribution in [2.75, 3.05) is 5.88 Å². The number of halogens is 1. The fourth-order valence-corrected chi connectivity index (χ4v) is 1.28. The van der Waals surface area contributed by atoms with Gasteiger partial charge in [-0.1, -0.05) is 19.4 Å². The van der Waals surface area contributed by atoms with E-state index in [0.717, 1.165) is 18.7 Å². The van der Waals surface area contributed by atoms with Gasteiger partial charge in [0.1, 0.15) is 0 Å². The van der Waals surface area contributed by atoms with Gasteiger partial charge < -0.3 is 0 Å².